The predicted octanol–water partition coefficient (Wildman–Crippen LogP) is 3.91. The lowest BCUT2D eigenvalue weighted by atomic mass is 10.1. The molecular weight excluding hydrogens is 400 g/mol. The summed E-state index contributed by atoms with van der Waals surface area (Å²) >= 11 is 0. The van der Waals surface area contributed by atoms with Crippen LogP contribution in [0.4, 0.5) is 5.69 Å². The van der Waals surface area contributed by atoms with Gasteiger partial charge in [0.15, 0.2) is 0 Å². The number of hydrogen-bond donors (Lipinski definition) is 2. The van der Waals surface area contributed by atoms with Gasteiger partial charge >= 0.3 is 0 Å². The van der Waals surface area contributed by atoms with Crippen LogP contribution in [0.2, 0.25) is 0 Å². The van der Waals surface area contributed by atoms with Crippen LogP contribution in [-0.4, -0.2) is 27.5 Å². The number of anilines is 1. The van der Waals surface area contributed by atoms with Crippen LogP contribution in [0.25, 0.3) is 0 Å². The number of ether oxygens (including phenoxy) is 1. The molecule has 0 aliphatic carbocycles. The minimum absolute atomic E-state index is 0.156. The summed E-state index contributed by atoms with van der Waals surface area (Å²) in [6.07, 6.45) is 0. The van der Waals surface area contributed by atoms with Gasteiger partial charge in [0.2, 0.25) is 0 Å². The van der Waals surface area contributed by atoms with Crippen LogP contribution >= 0.6 is 0 Å². The molecule has 1 amide bonds. The molecule has 0 spiro atoms. The molecule has 0 saturated carbocycles. The molecule has 0 aromatic heterocycles. The zero-order chi connectivity index (χ0) is 21.6. The number of nitrogens with one attached hydrogen (secondary N) is 2. The van der Waals surface area contributed by atoms with E-state index in [9.17, 15) is 13.2 Å². The number of carbonyl (C=O) groups excluding carboxylic acids is 1. The van der Waals surface area contributed by atoms with E-state index in [2.05, 4.69) is 10.0 Å². The molecule has 0 aliphatic rings. The van der Waals surface area contributed by atoms with Crippen LogP contribution in [0.5, 0.6) is 5.75 Å². The zero-order valence-electron chi connectivity index (χ0n) is 16.9. The fourth-order valence-electron chi connectivity index (χ4n) is 2.83. The Kier molecular flexibility index (Phi) is 6.74. The molecular formula is C23H24N2O4S. The Labute approximate surface area is 177 Å². The lowest BCUT2D eigenvalue weighted by Crippen LogP contribution is -2.28. The van der Waals surface area contributed by atoms with Crippen LogP contribution in [0.15, 0.2) is 77.7 Å². The van der Waals surface area contributed by atoms with Crippen molar-refractivity contribution < 1.29 is 17.9 Å². The fourth-order valence-corrected chi connectivity index (χ4v) is 3.90. The molecule has 156 valence electrons. The highest BCUT2D eigenvalue weighted by atomic mass is 32.2. The Morgan fingerprint density at radius 3 is 2.47 bits per heavy atom. The first-order valence-electron chi connectivity index (χ1n) is 9.51. The lowest BCUT2D eigenvalue weighted by molar-refractivity contribution is 0.0947. The first-order valence-corrected chi connectivity index (χ1v) is 11.0. The number of rotatable bonds is 8. The lowest BCUT2D eigenvalue weighted by Gasteiger charge is -2.12. The van der Waals surface area contributed by atoms with E-state index in [1.165, 1.54) is 18.2 Å². The van der Waals surface area contributed by atoms with E-state index in [1.807, 2.05) is 32.0 Å². The van der Waals surface area contributed by atoms with E-state index in [0.717, 1.165) is 16.9 Å². The van der Waals surface area contributed by atoms with Gasteiger partial charge in [-0.05, 0) is 61.4 Å². The van der Waals surface area contributed by atoms with Crippen molar-refractivity contribution >= 4 is 21.6 Å². The van der Waals surface area contributed by atoms with Crippen molar-refractivity contribution in [3.05, 3.63) is 89.5 Å². The third-order valence-electron chi connectivity index (χ3n) is 4.42. The minimum atomic E-state index is -3.72. The molecule has 30 heavy (non-hydrogen) atoms. The average Bonchev–Trinajstić information content (AvgIpc) is 2.74. The van der Waals surface area contributed by atoms with Crippen LogP contribution in [0, 0.1) is 13.8 Å². The normalized spacial score (nSPS) is 11.0. The number of benzene rings is 3. The van der Waals surface area contributed by atoms with E-state index in [1.54, 1.807) is 36.4 Å². The van der Waals surface area contributed by atoms with Crippen LogP contribution in [-0.2, 0) is 10.0 Å². The molecule has 0 fully saturated rings. The summed E-state index contributed by atoms with van der Waals surface area (Å²) in [6, 6.07) is 20.4. The highest BCUT2D eigenvalue weighted by molar-refractivity contribution is 7.92. The molecule has 0 radical (unpaired) electrons. The van der Waals surface area contributed by atoms with Gasteiger partial charge in [-0.25, -0.2) is 8.42 Å². The van der Waals surface area contributed by atoms with Gasteiger partial charge in [0.1, 0.15) is 12.4 Å². The van der Waals surface area contributed by atoms with Gasteiger partial charge in [-0.3, -0.25) is 9.52 Å². The number of carbonyl (C=O) groups is 1. The minimum Gasteiger partial charge on any atom is -0.491 e. The maximum Gasteiger partial charge on any atom is 0.261 e. The summed E-state index contributed by atoms with van der Waals surface area (Å²) in [7, 11) is -3.72. The van der Waals surface area contributed by atoms with Crippen molar-refractivity contribution in [2.75, 3.05) is 17.9 Å². The molecule has 0 aliphatic heterocycles. The first-order chi connectivity index (χ1) is 14.3. The fraction of sp³-hybridized carbons (Fsp3) is 0.174. The maximum atomic E-state index is 12.5. The summed E-state index contributed by atoms with van der Waals surface area (Å²) < 4.78 is 33.1. The van der Waals surface area contributed by atoms with E-state index < -0.39 is 10.0 Å². The molecule has 3 aromatic rings. The van der Waals surface area contributed by atoms with Crippen LogP contribution in [0.1, 0.15) is 21.5 Å². The summed E-state index contributed by atoms with van der Waals surface area (Å²) in [5.41, 5.74) is 2.81. The molecule has 0 heterocycles. The molecule has 0 bridgehead atoms. The van der Waals surface area contributed by atoms with E-state index in [-0.39, 0.29) is 10.8 Å². The third kappa shape index (κ3) is 5.61. The van der Waals surface area contributed by atoms with Gasteiger partial charge in [0.25, 0.3) is 15.9 Å². The molecule has 7 heteroatoms. The summed E-state index contributed by atoms with van der Waals surface area (Å²) in [6.45, 7) is 4.62. The van der Waals surface area contributed by atoms with Gasteiger partial charge < -0.3 is 10.1 Å². The Morgan fingerprint density at radius 1 is 0.933 bits per heavy atom. The third-order valence-corrected chi connectivity index (χ3v) is 5.82. The van der Waals surface area contributed by atoms with E-state index in [4.69, 9.17) is 4.74 Å². The van der Waals surface area contributed by atoms with Crippen molar-refractivity contribution in [3.8, 4) is 5.75 Å². The molecule has 2 N–H and O–H groups in total. The number of aryl methyl sites for hydroxylation is 2. The Morgan fingerprint density at radius 2 is 1.70 bits per heavy atom. The first kappa shape index (κ1) is 21.4. The van der Waals surface area contributed by atoms with Crippen molar-refractivity contribution in [1.82, 2.24) is 5.32 Å². The molecule has 3 aromatic carbocycles. The SMILES string of the molecule is Cc1ccc(C)c(OCCNC(=O)c2cccc(NS(=O)(=O)c3ccccc3)c2)c1. The van der Waals surface area contributed by atoms with Crippen LogP contribution < -0.4 is 14.8 Å². The Hall–Kier alpha value is -3.32. The summed E-state index contributed by atoms with van der Waals surface area (Å²) in [5.74, 6) is 0.488. The molecule has 0 atom stereocenters. The van der Waals surface area contributed by atoms with E-state index in [0.29, 0.717) is 24.4 Å². The number of sulfonamides is 1. The van der Waals surface area contributed by atoms with E-state index >= 15 is 0 Å². The Bertz CT molecular complexity index is 1130. The van der Waals surface area contributed by atoms with Gasteiger partial charge in [0.05, 0.1) is 11.4 Å². The highest BCUT2D eigenvalue weighted by Crippen LogP contribution is 2.19. The molecule has 0 unspecified atom stereocenters. The highest BCUT2D eigenvalue weighted by Gasteiger charge is 2.14. The van der Waals surface area contributed by atoms with Gasteiger partial charge in [-0.2, -0.15) is 0 Å². The number of hydrogen-bond acceptors (Lipinski definition) is 4. The largest absolute Gasteiger partial charge is 0.491 e. The van der Waals surface area contributed by atoms with Crippen LogP contribution in [0.3, 0.4) is 0 Å². The molecule has 6 nitrogen and oxygen atoms in total. The molecule has 3 rings (SSSR count). The topological polar surface area (TPSA) is 84.5 Å². The standard InChI is InChI=1S/C23H24N2O4S/c1-17-11-12-18(2)22(15-17)29-14-13-24-23(26)19-7-6-8-20(16-19)25-30(27,28)21-9-4-3-5-10-21/h3-12,15-16,25H,13-14H2,1-2H3,(H,24,26). The second kappa shape index (κ2) is 9.45. The summed E-state index contributed by atoms with van der Waals surface area (Å²) in [5, 5.41) is 2.78. The number of amides is 1. The Balaban J connectivity index is 1.57. The second-order valence-electron chi connectivity index (χ2n) is 6.87. The van der Waals surface area contributed by atoms with Gasteiger partial charge in [-0.1, -0.05) is 36.4 Å². The summed E-state index contributed by atoms with van der Waals surface area (Å²) in [4.78, 5) is 12.6. The van der Waals surface area contributed by atoms with Crippen molar-refractivity contribution in [2.24, 2.45) is 0 Å². The van der Waals surface area contributed by atoms with Crippen molar-refractivity contribution in [3.63, 3.8) is 0 Å². The van der Waals surface area contributed by atoms with Crippen molar-refractivity contribution in [2.45, 2.75) is 18.7 Å². The van der Waals surface area contributed by atoms with Crippen molar-refractivity contribution in [1.29, 1.82) is 0 Å². The zero-order valence-corrected chi connectivity index (χ0v) is 17.7. The van der Waals surface area contributed by atoms with Gasteiger partial charge in [-0.15, -0.1) is 0 Å². The second-order valence-corrected chi connectivity index (χ2v) is 8.56. The smallest absolute Gasteiger partial charge is 0.261 e. The quantitative estimate of drug-likeness (QED) is 0.537. The predicted molar refractivity (Wildman–Crippen MR) is 117 cm³/mol. The van der Waals surface area contributed by atoms with Gasteiger partial charge in [0, 0.05) is 11.3 Å². The maximum absolute atomic E-state index is 12.5. The average molecular weight is 425 g/mol. The molecule has 0 saturated heterocycles. The monoisotopic (exact) mass is 424 g/mol.